The summed E-state index contributed by atoms with van der Waals surface area (Å²) in [5.74, 6) is 0.912. The molecule has 5 nitrogen and oxygen atoms in total. The smallest absolute Gasteiger partial charge is 0.227 e. The third kappa shape index (κ3) is 4.09. The van der Waals surface area contributed by atoms with E-state index in [1.165, 1.54) is 0 Å². The summed E-state index contributed by atoms with van der Waals surface area (Å²) < 4.78 is 5.25. The van der Waals surface area contributed by atoms with Crippen LogP contribution in [0.25, 0.3) is 0 Å². The second-order valence-corrected chi connectivity index (χ2v) is 6.78. The lowest BCUT2D eigenvalue weighted by Crippen LogP contribution is -2.48. The van der Waals surface area contributed by atoms with Gasteiger partial charge in [-0.1, -0.05) is 34.4 Å². The van der Waals surface area contributed by atoms with E-state index in [2.05, 4.69) is 10.1 Å². The van der Waals surface area contributed by atoms with Crippen LogP contribution in [0.3, 0.4) is 0 Å². The highest BCUT2D eigenvalue weighted by atomic mass is 35.5. The van der Waals surface area contributed by atoms with Gasteiger partial charge in [-0.3, -0.25) is 9.69 Å². The molecule has 0 unspecified atom stereocenters. The van der Waals surface area contributed by atoms with Gasteiger partial charge in [0.1, 0.15) is 0 Å². The van der Waals surface area contributed by atoms with Crippen molar-refractivity contribution in [2.45, 2.75) is 19.9 Å². The van der Waals surface area contributed by atoms with Crippen molar-refractivity contribution >= 4 is 29.1 Å². The van der Waals surface area contributed by atoms with Gasteiger partial charge in [-0.2, -0.15) is 0 Å². The van der Waals surface area contributed by atoms with Crippen molar-refractivity contribution in [1.29, 1.82) is 0 Å². The normalized spacial score (nSPS) is 15.7. The minimum atomic E-state index is 0.0557. The van der Waals surface area contributed by atoms with Gasteiger partial charge in [0, 0.05) is 42.3 Å². The Labute approximate surface area is 151 Å². The van der Waals surface area contributed by atoms with E-state index in [0.717, 1.165) is 31.1 Å². The molecule has 1 amide bonds. The average molecular weight is 368 g/mol. The Kier molecular flexibility index (Phi) is 5.43. The van der Waals surface area contributed by atoms with Gasteiger partial charge < -0.3 is 9.42 Å². The molecule has 7 heteroatoms. The molecule has 1 aliphatic heterocycles. The third-order valence-corrected chi connectivity index (χ3v) is 4.88. The van der Waals surface area contributed by atoms with Crippen molar-refractivity contribution in [2.24, 2.45) is 0 Å². The van der Waals surface area contributed by atoms with Gasteiger partial charge in [-0.15, -0.1) is 0 Å². The molecule has 1 fully saturated rings. The predicted molar refractivity (Wildman–Crippen MR) is 93.3 cm³/mol. The van der Waals surface area contributed by atoms with Crippen LogP contribution in [-0.2, 0) is 17.8 Å². The number of hydrogen-bond acceptors (Lipinski definition) is 4. The molecule has 0 radical (unpaired) electrons. The standard InChI is InChI=1S/C17H19Cl2N3O2/c1-12-9-13(24-20-12)11-21-5-7-22(8-6-21)17(23)10-14-15(18)3-2-4-16(14)19/h2-4,9H,5-8,10-11H2,1H3. The summed E-state index contributed by atoms with van der Waals surface area (Å²) in [6, 6.07) is 7.24. The number of hydrogen-bond donors (Lipinski definition) is 0. The quantitative estimate of drug-likeness (QED) is 0.832. The Morgan fingerprint density at radius 2 is 1.88 bits per heavy atom. The molecular weight excluding hydrogens is 349 g/mol. The number of carbonyl (C=O) groups is 1. The van der Waals surface area contributed by atoms with Gasteiger partial charge in [0.15, 0.2) is 5.76 Å². The van der Waals surface area contributed by atoms with Gasteiger partial charge >= 0.3 is 0 Å². The average Bonchev–Trinajstić information content (AvgIpc) is 2.96. The molecule has 0 aliphatic carbocycles. The number of aromatic nitrogens is 1. The highest BCUT2D eigenvalue weighted by Gasteiger charge is 2.23. The number of benzene rings is 1. The number of carbonyl (C=O) groups excluding carboxylic acids is 1. The summed E-state index contributed by atoms with van der Waals surface area (Å²) in [5.41, 5.74) is 1.58. The zero-order valence-electron chi connectivity index (χ0n) is 13.5. The zero-order valence-corrected chi connectivity index (χ0v) is 15.0. The minimum absolute atomic E-state index is 0.0557. The number of aryl methyl sites for hydroxylation is 1. The molecule has 2 heterocycles. The first-order valence-electron chi connectivity index (χ1n) is 7.88. The number of rotatable bonds is 4. The summed E-state index contributed by atoms with van der Waals surface area (Å²) in [6.07, 6.45) is 0.236. The first-order valence-corrected chi connectivity index (χ1v) is 8.64. The molecule has 3 rings (SSSR count). The number of halogens is 2. The van der Waals surface area contributed by atoms with E-state index in [4.69, 9.17) is 27.7 Å². The molecule has 0 N–H and O–H groups in total. The second kappa shape index (κ2) is 7.55. The summed E-state index contributed by atoms with van der Waals surface area (Å²) in [6.45, 7) is 5.62. The summed E-state index contributed by atoms with van der Waals surface area (Å²) in [5, 5.41) is 4.97. The molecule has 0 bridgehead atoms. The maximum absolute atomic E-state index is 12.5. The Balaban J connectivity index is 1.53. The van der Waals surface area contributed by atoms with E-state index >= 15 is 0 Å². The lowest BCUT2D eigenvalue weighted by molar-refractivity contribution is -0.132. The maximum atomic E-state index is 12.5. The Hall–Kier alpha value is -1.56. The molecule has 128 valence electrons. The van der Waals surface area contributed by atoms with Crippen LogP contribution in [0.5, 0.6) is 0 Å². The third-order valence-electron chi connectivity index (χ3n) is 4.17. The fourth-order valence-electron chi connectivity index (χ4n) is 2.83. The van der Waals surface area contributed by atoms with Crippen LogP contribution in [0.4, 0.5) is 0 Å². The second-order valence-electron chi connectivity index (χ2n) is 5.97. The van der Waals surface area contributed by atoms with Crippen LogP contribution in [0.1, 0.15) is 17.0 Å². The van der Waals surface area contributed by atoms with Crippen molar-refractivity contribution in [2.75, 3.05) is 26.2 Å². The topological polar surface area (TPSA) is 49.6 Å². The summed E-state index contributed by atoms with van der Waals surface area (Å²) in [7, 11) is 0. The first kappa shape index (κ1) is 17.3. The van der Waals surface area contributed by atoms with E-state index in [1.807, 2.05) is 17.9 Å². The maximum Gasteiger partial charge on any atom is 0.227 e. The van der Waals surface area contributed by atoms with Crippen LogP contribution in [-0.4, -0.2) is 47.0 Å². The monoisotopic (exact) mass is 367 g/mol. The van der Waals surface area contributed by atoms with Crippen LogP contribution in [0.2, 0.25) is 10.0 Å². The van der Waals surface area contributed by atoms with Crippen LogP contribution in [0.15, 0.2) is 28.8 Å². The van der Waals surface area contributed by atoms with Crippen LogP contribution < -0.4 is 0 Å². The molecule has 0 spiro atoms. The van der Waals surface area contributed by atoms with Crippen molar-refractivity contribution < 1.29 is 9.32 Å². The Morgan fingerprint density at radius 1 is 1.21 bits per heavy atom. The number of amides is 1. The molecule has 24 heavy (non-hydrogen) atoms. The van der Waals surface area contributed by atoms with Crippen molar-refractivity contribution in [3.63, 3.8) is 0 Å². The van der Waals surface area contributed by atoms with Crippen LogP contribution >= 0.6 is 23.2 Å². The van der Waals surface area contributed by atoms with Gasteiger partial charge in [-0.05, 0) is 24.6 Å². The molecule has 1 aromatic carbocycles. The Bertz CT molecular complexity index is 704. The van der Waals surface area contributed by atoms with E-state index < -0.39 is 0 Å². The largest absolute Gasteiger partial charge is 0.360 e. The molecule has 1 aliphatic rings. The molecule has 2 aromatic rings. The highest BCUT2D eigenvalue weighted by Crippen LogP contribution is 2.25. The van der Waals surface area contributed by atoms with Crippen LogP contribution in [0, 0.1) is 6.92 Å². The number of piperazine rings is 1. The van der Waals surface area contributed by atoms with E-state index in [0.29, 0.717) is 28.7 Å². The fourth-order valence-corrected chi connectivity index (χ4v) is 3.36. The Morgan fingerprint density at radius 3 is 2.46 bits per heavy atom. The molecule has 0 atom stereocenters. The predicted octanol–water partition coefficient (Wildman–Crippen LogP) is 3.18. The zero-order chi connectivity index (χ0) is 17.1. The fraction of sp³-hybridized carbons (Fsp3) is 0.412. The number of nitrogens with zero attached hydrogens (tertiary/aromatic N) is 3. The highest BCUT2D eigenvalue weighted by molar-refractivity contribution is 6.36. The van der Waals surface area contributed by atoms with E-state index in [9.17, 15) is 4.79 Å². The molecule has 1 saturated heterocycles. The minimum Gasteiger partial charge on any atom is -0.360 e. The van der Waals surface area contributed by atoms with Gasteiger partial charge in [0.2, 0.25) is 5.91 Å². The lowest BCUT2D eigenvalue weighted by atomic mass is 10.1. The molecule has 0 saturated carbocycles. The van der Waals surface area contributed by atoms with Crippen molar-refractivity contribution in [3.05, 3.63) is 51.3 Å². The van der Waals surface area contributed by atoms with Crippen molar-refractivity contribution in [3.8, 4) is 0 Å². The van der Waals surface area contributed by atoms with Gasteiger partial charge in [-0.25, -0.2) is 0 Å². The molecular formula is C17H19Cl2N3O2. The van der Waals surface area contributed by atoms with Gasteiger partial charge in [0.05, 0.1) is 18.7 Å². The van der Waals surface area contributed by atoms with E-state index in [1.54, 1.807) is 18.2 Å². The molecule has 1 aromatic heterocycles. The lowest BCUT2D eigenvalue weighted by Gasteiger charge is -2.34. The van der Waals surface area contributed by atoms with E-state index in [-0.39, 0.29) is 12.3 Å². The summed E-state index contributed by atoms with van der Waals surface area (Å²) >= 11 is 12.3. The van der Waals surface area contributed by atoms with Gasteiger partial charge in [0.25, 0.3) is 0 Å². The van der Waals surface area contributed by atoms with Crippen molar-refractivity contribution in [1.82, 2.24) is 15.0 Å². The summed E-state index contributed by atoms with van der Waals surface area (Å²) in [4.78, 5) is 16.6. The SMILES string of the molecule is Cc1cc(CN2CCN(C(=O)Cc3c(Cl)cccc3Cl)CC2)on1. The first-order chi connectivity index (χ1) is 11.5.